The van der Waals surface area contributed by atoms with Crippen molar-refractivity contribution in [3.8, 4) is 5.75 Å². The Kier molecular flexibility index (Phi) is 5.22. The lowest BCUT2D eigenvalue weighted by molar-refractivity contribution is -0.0630. The van der Waals surface area contributed by atoms with Crippen molar-refractivity contribution < 1.29 is 18.6 Å². The summed E-state index contributed by atoms with van der Waals surface area (Å²) in [6.07, 6.45) is 2.31. The molecule has 0 radical (unpaired) electrons. The van der Waals surface area contributed by atoms with Gasteiger partial charge >= 0.3 is 0 Å². The Labute approximate surface area is 153 Å². The van der Waals surface area contributed by atoms with Crippen LogP contribution in [0, 0.1) is 5.92 Å². The summed E-state index contributed by atoms with van der Waals surface area (Å²) in [5.41, 5.74) is 6.20. The molecule has 0 bridgehead atoms. The predicted octanol–water partition coefficient (Wildman–Crippen LogP) is 4.60. The van der Waals surface area contributed by atoms with Gasteiger partial charge < -0.3 is 15.6 Å². The van der Waals surface area contributed by atoms with Crippen molar-refractivity contribution in [1.82, 2.24) is 0 Å². The molecule has 0 aliphatic heterocycles. The Hall–Kier alpha value is -1.72. The summed E-state index contributed by atoms with van der Waals surface area (Å²) >= 11 is 0. The van der Waals surface area contributed by atoms with Crippen molar-refractivity contribution in [2.75, 3.05) is 6.61 Å². The number of hydrogen-bond acceptors (Lipinski definition) is 3. The van der Waals surface area contributed by atoms with Crippen molar-refractivity contribution in [2.24, 2.45) is 11.7 Å². The molecule has 3 N–H and O–H groups in total. The van der Waals surface area contributed by atoms with Gasteiger partial charge in [0.2, 0.25) is 5.92 Å². The molecule has 2 aromatic carbocycles. The van der Waals surface area contributed by atoms with Crippen LogP contribution in [0.4, 0.5) is 8.78 Å². The van der Waals surface area contributed by atoms with E-state index >= 15 is 0 Å². The Morgan fingerprint density at radius 3 is 2.27 bits per heavy atom. The molecule has 2 aromatic rings. The molecule has 0 amide bonds. The summed E-state index contributed by atoms with van der Waals surface area (Å²) in [6, 6.07) is 11.7. The third-order valence-electron chi connectivity index (χ3n) is 5.49. The van der Waals surface area contributed by atoms with E-state index < -0.39 is 17.4 Å². The highest BCUT2D eigenvalue weighted by atomic mass is 19.3. The molecular weight excluding hydrogens is 336 g/mol. The molecule has 1 aliphatic carbocycles. The quantitative estimate of drug-likeness (QED) is 0.816. The molecule has 5 heteroatoms. The van der Waals surface area contributed by atoms with Gasteiger partial charge in [0.25, 0.3) is 0 Å². The average molecular weight is 363 g/mol. The minimum atomic E-state index is -2.60. The average Bonchev–Trinajstić information content (AvgIpc) is 2.61. The van der Waals surface area contributed by atoms with Crippen LogP contribution in [0.15, 0.2) is 36.4 Å². The molecule has 142 valence electrons. The second-order valence-electron chi connectivity index (χ2n) is 7.85. The van der Waals surface area contributed by atoms with Crippen LogP contribution >= 0.6 is 0 Å². The molecule has 0 aromatic heterocycles. The second kappa shape index (κ2) is 7.12. The fourth-order valence-electron chi connectivity index (χ4n) is 3.62. The van der Waals surface area contributed by atoms with Gasteiger partial charge in [-0.3, -0.25) is 0 Å². The van der Waals surface area contributed by atoms with Crippen LogP contribution in [-0.2, 0) is 5.54 Å². The van der Waals surface area contributed by atoms with E-state index in [0.717, 1.165) is 29.0 Å². The molecule has 0 spiro atoms. The van der Waals surface area contributed by atoms with E-state index in [4.69, 9.17) is 10.5 Å². The van der Waals surface area contributed by atoms with Gasteiger partial charge in [-0.05, 0) is 74.1 Å². The maximum atomic E-state index is 13.4. The number of aliphatic hydroxyl groups excluding tert-OH is 1. The van der Waals surface area contributed by atoms with E-state index in [1.54, 1.807) is 6.92 Å². The lowest BCUT2D eigenvalue weighted by Gasteiger charge is -2.32. The molecule has 1 saturated carbocycles. The van der Waals surface area contributed by atoms with Gasteiger partial charge in [0.1, 0.15) is 5.75 Å². The molecular formula is C21H27F2NO2. The summed E-state index contributed by atoms with van der Waals surface area (Å²) < 4.78 is 32.9. The van der Waals surface area contributed by atoms with Gasteiger partial charge in [-0.1, -0.05) is 18.2 Å². The number of alkyl halides is 2. The molecule has 3 nitrogen and oxygen atoms in total. The third-order valence-corrected chi connectivity index (χ3v) is 5.49. The highest BCUT2D eigenvalue weighted by molar-refractivity contribution is 5.84. The maximum Gasteiger partial charge on any atom is 0.248 e. The van der Waals surface area contributed by atoms with Gasteiger partial charge in [0.05, 0.1) is 18.2 Å². The van der Waals surface area contributed by atoms with Crippen molar-refractivity contribution in [1.29, 1.82) is 0 Å². The van der Waals surface area contributed by atoms with E-state index in [-0.39, 0.29) is 12.7 Å². The van der Waals surface area contributed by atoms with Gasteiger partial charge in [-0.15, -0.1) is 0 Å². The SMILES string of the molecule is CC(F)(F)[C@H]1CC[C@@H](Oc2ccc3cc([C@@](C)(N)CO)ccc3c2)CC1. The molecule has 1 atom stereocenters. The smallest absolute Gasteiger partial charge is 0.248 e. The number of benzene rings is 2. The van der Waals surface area contributed by atoms with Crippen LogP contribution in [-0.4, -0.2) is 23.7 Å². The van der Waals surface area contributed by atoms with E-state index in [1.165, 1.54) is 0 Å². The summed E-state index contributed by atoms with van der Waals surface area (Å²) in [7, 11) is 0. The number of fused-ring (bicyclic) bond motifs is 1. The number of rotatable bonds is 5. The second-order valence-corrected chi connectivity index (χ2v) is 7.85. The molecule has 1 fully saturated rings. The molecule has 1 aliphatic rings. The first kappa shape index (κ1) is 19.1. The largest absolute Gasteiger partial charge is 0.490 e. The Bertz CT molecular complexity index is 762. The van der Waals surface area contributed by atoms with Crippen LogP contribution in [0.1, 0.15) is 45.1 Å². The minimum absolute atomic E-state index is 0.00737. The zero-order valence-electron chi connectivity index (χ0n) is 15.3. The van der Waals surface area contributed by atoms with Gasteiger partial charge in [0.15, 0.2) is 0 Å². The van der Waals surface area contributed by atoms with Crippen LogP contribution in [0.5, 0.6) is 5.75 Å². The fourth-order valence-corrected chi connectivity index (χ4v) is 3.62. The highest BCUT2D eigenvalue weighted by Gasteiger charge is 2.37. The zero-order valence-corrected chi connectivity index (χ0v) is 15.3. The first-order valence-electron chi connectivity index (χ1n) is 9.17. The van der Waals surface area contributed by atoms with Crippen LogP contribution < -0.4 is 10.5 Å². The molecule has 26 heavy (non-hydrogen) atoms. The summed E-state index contributed by atoms with van der Waals surface area (Å²) in [6.45, 7) is 2.68. The topological polar surface area (TPSA) is 55.5 Å². The standard InChI is InChI=1S/C21H27F2NO2/c1-20(24,13-25)17-5-3-15-12-19(8-4-14(15)11-17)26-18-9-6-16(7-10-18)21(2,22)23/h3-5,8,11-12,16,18,25H,6-7,9-10,13,24H2,1-2H3/t16-,18+,20-/m0/s1. The molecule has 3 rings (SSSR count). The predicted molar refractivity (Wildman–Crippen MR) is 99.6 cm³/mol. The Balaban J connectivity index is 1.69. The highest BCUT2D eigenvalue weighted by Crippen LogP contribution is 2.37. The maximum absolute atomic E-state index is 13.4. The number of nitrogens with two attached hydrogens (primary N) is 1. The lowest BCUT2D eigenvalue weighted by atomic mass is 9.84. The van der Waals surface area contributed by atoms with Crippen molar-refractivity contribution in [2.45, 2.75) is 57.1 Å². The molecule has 0 saturated heterocycles. The van der Waals surface area contributed by atoms with E-state index in [1.807, 2.05) is 36.4 Å². The lowest BCUT2D eigenvalue weighted by Crippen LogP contribution is -2.36. The number of ether oxygens (including phenoxy) is 1. The summed E-state index contributed by atoms with van der Waals surface area (Å²) in [4.78, 5) is 0. The number of hydrogen-bond donors (Lipinski definition) is 2. The first-order chi connectivity index (χ1) is 12.2. The summed E-state index contributed by atoms with van der Waals surface area (Å²) in [5, 5.41) is 11.5. The first-order valence-corrected chi connectivity index (χ1v) is 9.17. The van der Waals surface area contributed by atoms with E-state index in [0.29, 0.717) is 25.7 Å². The van der Waals surface area contributed by atoms with Crippen molar-refractivity contribution in [3.05, 3.63) is 42.0 Å². The normalized spacial score (nSPS) is 23.6. The van der Waals surface area contributed by atoms with Crippen LogP contribution in [0.2, 0.25) is 0 Å². The Morgan fingerprint density at radius 2 is 1.65 bits per heavy atom. The van der Waals surface area contributed by atoms with E-state index in [9.17, 15) is 13.9 Å². The van der Waals surface area contributed by atoms with Gasteiger partial charge in [0, 0.05) is 5.92 Å². The molecule has 0 heterocycles. The number of aliphatic hydroxyl groups is 1. The summed E-state index contributed by atoms with van der Waals surface area (Å²) in [5.74, 6) is -2.37. The minimum Gasteiger partial charge on any atom is -0.490 e. The number of halogens is 2. The fraction of sp³-hybridized carbons (Fsp3) is 0.524. The Morgan fingerprint density at radius 1 is 1.04 bits per heavy atom. The van der Waals surface area contributed by atoms with Gasteiger partial charge in [-0.25, -0.2) is 8.78 Å². The van der Waals surface area contributed by atoms with Crippen LogP contribution in [0.3, 0.4) is 0 Å². The zero-order chi connectivity index (χ0) is 18.9. The molecule has 0 unspecified atom stereocenters. The third kappa shape index (κ3) is 4.15. The van der Waals surface area contributed by atoms with Crippen LogP contribution in [0.25, 0.3) is 10.8 Å². The monoisotopic (exact) mass is 363 g/mol. The van der Waals surface area contributed by atoms with Gasteiger partial charge in [-0.2, -0.15) is 0 Å². The van der Waals surface area contributed by atoms with E-state index in [2.05, 4.69) is 0 Å². The van der Waals surface area contributed by atoms with Crippen molar-refractivity contribution >= 4 is 10.8 Å². The van der Waals surface area contributed by atoms with Crippen molar-refractivity contribution in [3.63, 3.8) is 0 Å².